The van der Waals surface area contributed by atoms with Gasteiger partial charge in [0.15, 0.2) is 0 Å². The van der Waals surface area contributed by atoms with E-state index in [4.69, 9.17) is 4.74 Å². The van der Waals surface area contributed by atoms with E-state index in [1.807, 2.05) is 76.9 Å². The lowest BCUT2D eigenvalue weighted by Crippen LogP contribution is -2.48. The number of piperidine rings is 1. The molecule has 3 aromatic rings. The zero-order valence-electron chi connectivity index (χ0n) is 24.8. The Balaban J connectivity index is 1.30. The minimum absolute atomic E-state index is 0.204. The van der Waals surface area contributed by atoms with E-state index in [2.05, 4.69) is 43.0 Å². The van der Waals surface area contributed by atoms with Crippen LogP contribution < -0.4 is 0 Å². The summed E-state index contributed by atoms with van der Waals surface area (Å²) >= 11 is 0. The van der Waals surface area contributed by atoms with E-state index in [0.29, 0.717) is 6.61 Å². The van der Waals surface area contributed by atoms with Crippen molar-refractivity contribution in [1.82, 2.24) is 14.1 Å². The maximum absolute atomic E-state index is 13.2. The van der Waals surface area contributed by atoms with Crippen LogP contribution >= 0.6 is 0 Å². The van der Waals surface area contributed by atoms with Crippen molar-refractivity contribution in [1.29, 1.82) is 0 Å². The first kappa shape index (κ1) is 30.9. The summed E-state index contributed by atoms with van der Waals surface area (Å²) in [7, 11) is 0.757. The van der Waals surface area contributed by atoms with Crippen LogP contribution in [0.15, 0.2) is 89.8 Å². The Kier molecular flexibility index (Phi) is 12.0. The molecule has 1 saturated heterocycles. The quantitative estimate of drug-likeness (QED) is 0.229. The fraction of sp³-hybridized carbons (Fsp3) is 0.441. The van der Waals surface area contributed by atoms with Crippen molar-refractivity contribution in [2.75, 3.05) is 39.8 Å². The summed E-state index contributed by atoms with van der Waals surface area (Å²) in [6.45, 7) is 8.82. The van der Waals surface area contributed by atoms with Crippen LogP contribution in [-0.4, -0.2) is 70.2 Å². The number of likely N-dealkylation sites (N-methyl/N-ethyl adjacent to an activating group) is 1. The van der Waals surface area contributed by atoms with E-state index in [1.165, 1.54) is 11.1 Å². The number of carbonyl (C=O) groups is 1. The smallest absolute Gasteiger partial charge is 0.410 e. The number of rotatable bonds is 13. The van der Waals surface area contributed by atoms with Gasteiger partial charge in [0, 0.05) is 39.3 Å². The SMILES string of the molecule is CCCN(C(=O)OCc1ccc(C)cc1)C1CCN(CCC(CN(C)S(=O)c2ccccc2)c2ccccc2)CC1. The van der Waals surface area contributed by atoms with Crippen LogP contribution in [0.2, 0.25) is 0 Å². The molecule has 4 rings (SSSR count). The molecule has 7 heteroatoms. The highest BCUT2D eigenvalue weighted by molar-refractivity contribution is 7.82. The van der Waals surface area contributed by atoms with E-state index >= 15 is 0 Å². The molecule has 0 radical (unpaired) electrons. The third-order valence-corrected chi connectivity index (χ3v) is 9.34. The van der Waals surface area contributed by atoms with Gasteiger partial charge in [-0.3, -0.25) is 0 Å². The van der Waals surface area contributed by atoms with Gasteiger partial charge in [-0.15, -0.1) is 0 Å². The summed E-state index contributed by atoms with van der Waals surface area (Å²) in [5, 5.41) is 0. The van der Waals surface area contributed by atoms with Crippen molar-refractivity contribution in [3.63, 3.8) is 0 Å². The fourth-order valence-electron chi connectivity index (χ4n) is 5.55. The predicted molar refractivity (Wildman–Crippen MR) is 167 cm³/mol. The van der Waals surface area contributed by atoms with Crippen LogP contribution in [0.25, 0.3) is 0 Å². The number of amides is 1. The largest absolute Gasteiger partial charge is 0.445 e. The van der Waals surface area contributed by atoms with Gasteiger partial charge in [0.05, 0.1) is 4.90 Å². The molecule has 0 aromatic heterocycles. The zero-order valence-corrected chi connectivity index (χ0v) is 25.6. The average molecular weight is 576 g/mol. The van der Waals surface area contributed by atoms with Crippen LogP contribution in [0.4, 0.5) is 4.79 Å². The van der Waals surface area contributed by atoms with Crippen LogP contribution in [0.5, 0.6) is 0 Å². The highest BCUT2D eigenvalue weighted by Crippen LogP contribution is 2.25. The number of hydrogen-bond donors (Lipinski definition) is 0. The van der Waals surface area contributed by atoms with Gasteiger partial charge in [-0.25, -0.2) is 13.3 Å². The summed E-state index contributed by atoms with van der Waals surface area (Å²) in [4.78, 5) is 18.3. The Morgan fingerprint density at radius 2 is 1.61 bits per heavy atom. The molecule has 6 nitrogen and oxygen atoms in total. The van der Waals surface area contributed by atoms with E-state index < -0.39 is 11.0 Å². The number of hydrogen-bond acceptors (Lipinski definition) is 4. The molecule has 41 heavy (non-hydrogen) atoms. The van der Waals surface area contributed by atoms with Crippen LogP contribution in [0.3, 0.4) is 0 Å². The summed E-state index contributed by atoms with van der Waals surface area (Å²) in [5.41, 5.74) is 3.50. The standard InChI is InChI=1S/C34H45N3O3S/c1-4-22-37(34(38)40-27-29-17-15-28(2)16-18-29)32-20-24-36(25-21-32)23-19-31(30-11-7-5-8-12-30)26-35(3)41(39)33-13-9-6-10-14-33/h5-18,31-32H,4,19-27H2,1-3H3. The molecular weight excluding hydrogens is 530 g/mol. The van der Waals surface area contributed by atoms with Gasteiger partial charge in [-0.05, 0) is 68.3 Å². The van der Waals surface area contributed by atoms with Crippen LogP contribution in [0.1, 0.15) is 55.2 Å². The van der Waals surface area contributed by atoms with Crippen LogP contribution in [-0.2, 0) is 22.3 Å². The monoisotopic (exact) mass is 575 g/mol. The number of benzene rings is 3. The summed E-state index contributed by atoms with van der Waals surface area (Å²) in [6, 6.07) is 28.6. The van der Waals surface area contributed by atoms with Gasteiger partial charge in [-0.1, -0.05) is 85.3 Å². The van der Waals surface area contributed by atoms with Crippen molar-refractivity contribution in [2.45, 2.75) is 63.0 Å². The second kappa shape index (κ2) is 15.9. The van der Waals surface area contributed by atoms with E-state index in [9.17, 15) is 9.00 Å². The van der Waals surface area contributed by atoms with Gasteiger partial charge in [0.1, 0.15) is 17.6 Å². The maximum atomic E-state index is 13.2. The lowest BCUT2D eigenvalue weighted by molar-refractivity contribution is 0.0602. The van der Waals surface area contributed by atoms with Crippen molar-refractivity contribution in [3.05, 3.63) is 102 Å². The van der Waals surface area contributed by atoms with Gasteiger partial charge in [-0.2, -0.15) is 0 Å². The summed E-state index contributed by atoms with van der Waals surface area (Å²) in [5.74, 6) is 0.278. The Bertz CT molecular complexity index is 1210. The van der Waals surface area contributed by atoms with Crippen molar-refractivity contribution in [2.24, 2.45) is 0 Å². The lowest BCUT2D eigenvalue weighted by atomic mass is 9.94. The third kappa shape index (κ3) is 9.25. The van der Waals surface area contributed by atoms with E-state index in [1.54, 1.807) is 0 Å². The lowest BCUT2D eigenvalue weighted by Gasteiger charge is -2.38. The Hall–Kier alpha value is -3.00. The van der Waals surface area contributed by atoms with Gasteiger partial charge in [0.25, 0.3) is 0 Å². The molecular formula is C34H45N3O3S. The van der Waals surface area contributed by atoms with Crippen molar-refractivity contribution < 1.29 is 13.7 Å². The summed E-state index contributed by atoms with van der Waals surface area (Å²) in [6.07, 6.45) is 3.60. The molecule has 0 saturated carbocycles. The van der Waals surface area contributed by atoms with Crippen LogP contribution in [0, 0.1) is 6.92 Å². The molecule has 1 aliphatic rings. The molecule has 1 fully saturated rings. The average Bonchev–Trinajstić information content (AvgIpc) is 3.02. The number of nitrogens with zero attached hydrogens (tertiary/aromatic N) is 3. The van der Waals surface area contributed by atoms with Gasteiger partial charge >= 0.3 is 6.09 Å². The normalized spacial score (nSPS) is 15.9. The molecule has 1 aliphatic heterocycles. The molecule has 1 heterocycles. The minimum Gasteiger partial charge on any atom is -0.445 e. The van der Waals surface area contributed by atoms with E-state index in [0.717, 1.165) is 68.9 Å². The van der Waals surface area contributed by atoms with Crippen molar-refractivity contribution in [3.8, 4) is 0 Å². The highest BCUT2D eigenvalue weighted by Gasteiger charge is 2.29. The molecule has 1 amide bonds. The van der Waals surface area contributed by atoms with Gasteiger partial charge in [0.2, 0.25) is 0 Å². The first-order valence-electron chi connectivity index (χ1n) is 14.9. The molecule has 2 atom stereocenters. The van der Waals surface area contributed by atoms with Gasteiger partial charge < -0.3 is 14.5 Å². The molecule has 220 valence electrons. The predicted octanol–water partition coefficient (Wildman–Crippen LogP) is 6.64. The fourth-order valence-corrected chi connectivity index (χ4v) is 6.62. The molecule has 0 aliphatic carbocycles. The molecule has 2 unspecified atom stereocenters. The van der Waals surface area contributed by atoms with E-state index in [-0.39, 0.29) is 18.1 Å². The zero-order chi connectivity index (χ0) is 29.0. The van der Waals surface area contributed by atoms with Crippen molar-refractivity contribution >= 4 is 17.1 Å². The topological polar surface area (TPSA) is 53.1 Å². The first-order valence-corrected chi connectivity index (χ1v) is 16.0. The highest BCUT2D eigenvalue weighted by atomic mass is 32.2. The molecule has 0 N–H and O–H groups in total. The Morgan fingerprint density at radius 3 is 2.24 bits per heavy atom. The minimum atomic E-state index is -1.19. The Morgan fingerprint density at radius 1 is 0.976 bits per heavy atom. The molecule has 0 bridgehead atoms. The Labute approximate surface area is 248 Å². The number of aryl methyl sites for hydroxylation is 1. The maximum Gasteiger partial charge on any atom is 0.410 e. The first-order chi connectivity index (χ1) is 19.9. The number of likely N-dealkylation sites (tertiary alicyclic amines) is 1. The molecule has 3 aromatic carbocycles. The molecule has 0 spiro atoms. The second-order valence-corrected chi connectivity index (χ2v) is 12.7. The summed E-state index contributed by atoms with van der Waals surface area (Å²) < 4.78 is 20.8. The number of ether oxygens (including phenoxy) is 1. The second-order valence-electron chi connectivity index (χ2n) is 11.1. The third-order valence-electron chi connectivity index (χ3n) is 7.95. The number of carbonyl (C=O) groups excluding carboxylic acids is 1.